The summed E-state index contributed by atoms with van der Waals surface area (Å²) >= 11 is 0. The molecule has 1 aliphatic heterocycles. The molecule has 194 valence electrons. The Balaban J connectivity index is 1.56. The van der Waals surface area contributed by atoms with E-state index in [-0.39, 0.29) is 24.5 Å². The molecule has 37 heavy (non-hydrogen) atoms. The molecule has 0 aromatic heterocycles. The molecule has 9 nitrogen and oxygen atoms in total. The summed E-state index contributed by atoms with van der Waals surface area (Å²) in [5, 5.41) is 31.4. The van der Waals surface area contributed by atoms with Gasteiger partial charge in [-0.3, -0.25) is 4.79 Å². The van der Waals surface area contributed by atoms with Crippen LogP contribution < -0.4 is 5.32 Å². The Morgan fingerprint density at radius 3 is 2.62 bits per heavy atom. The zero-order chi connectivity index (χ0) is 26.8. The van der Waals surface area contributed by atoms with Crippen LogP contribution in [-0.4, -0.2) is 71.9 Å². The Kier molecular flexibility index (Phi) is 9.86. The minimum atomic E-state index is -1.74. The summed E-state index contributed by atoms with van der Waals surface area (Å²) in [5.74, 6) is -1.25. The number of amides is 2. The maximum Gasteiger partial charge on any atom is 0.475 e. The first-order valence-electron chi connectivity index (χ1n) is 12.1. The van der Waals surface area contributed by atoms with Gasteiger partial charge >= 0.3 is 13.2 Å². The molecular weight excluding hydrogens is 473 g/mol. The fourth-order valence-corrected chi connectivity index (χ4v) is 4.08. The van der Waals surface area contributed by atoms with E-state index in [1.165, 1.54) is 0 Å². The third kappa shape index (κ3) is 8.18. The number of rotatable bonds is 9. The summed E-state index contributed by atoms with van der Waals surface area (Å²) in [6.45, 7) is 5.13. The van der Waals surface area contributed by atoms with Crippen molar-refractivity contribution in [2.45, 2.75) is 38.2 Å². The SMILES string of the molecule is CC1(C)COCCN1C(=O)C(C#N)=Cc1cccc(CCOC(=O)N[C@@H](Cc2ccccc2)B(O)O)c1. The molecule has 0 unspecified atom stereocenters. The van der Waals surface area contributed by atoms with E-state index in [2.05, 4.69) is 5.32 Å². The smallest absolute Gasteiger partial charge is 0.449 e. The number of nitriles is 1. The highest BCUT2D eigenvalue weighted by Gasteiger charge is 2.35. The average molecular weight is 505 g/mol. The molecule has 3 rings (SSSR count). The van der Waals surface area contributed by atoms with Crippen molar-refractivity contribution in [2.75, 3.05) is 26.4 Å². The molecule has 1 atom stereocenters. The number of nitrogens with zero attached hydrogens (tertiary/aromatic N) is 2. The van der Waals surface area contributed by atoms with Crippen molar-refractivity contribution in [3.05, 3.63) is 76.9 Å². The van der Waals surface area contributed by atoms with Crippen molar-refractivity contribution in [1.29, 1.82) is 5.26 Å². The molecule has 1 aliphatic rings. The van der Waals surface area contributed by atoms with Crippen LogP contribution in [0, 0.1) is 11.3 Å². The fraction of sp³-hybridized carbons (Fsp3) is 0.370. The number of carbonyl (C=O) groups excluding carboxylic acids is 2. The maximum absolute atomic E-state index is 13.0. The second-order valence-electron chi connectivity index (χ2n) is 9.48. The molecule has 1 heterocycles. The maximum atomic E-state index is 13.0. The highest BCUT2D eigenvalue weighted by atomic mass is 16.5. The lowest BCUT2D eigenvalue weighted by atomic mass is 9.76. The summed E-state index contributed by atoms with van der Waals surface area (Å²) in [6, 6.07) is 18.5. The lowest BCUT2D eigenvalue weighted by Gasteiger charge is -2.41. The molecule has 1 fully saturated rings. The molecule has 2 aromatic carbocycles. The highest BCUT2D eigenvalue weighted by molar-refractivity contribution is 6.43. The Morgan fingerprint density at radius 2 is 1.95 bits per heavy atom. The van der Waals surface area contributed by atoms with Crippen molar-refractivity contribution in [2.24, 2.45) is 0 Å². The largest absolute Gasteiger partial charge is 0.475 e. The normalized spacial score (nSPS) is 15.9. The first-order valence-corrected chi connectivity index (χ1v) is 12.1. The number of morpholine rings is 1. The zero-order valence-corrected chi connectivity index (χ0v) is 21.1. The number of hydrogen-bond acceptors (Lipinski definition) is 7. The van der Waals surface area contributed by atoms with Crippen LogP contribution in [0.25, 0.3) is 6.08 Å². The molecule has 10 heteroatoms. The van der Waals surface area contributed by atoms with Crippen LogP contribution in [-0.2, 0) is 27.1 Å². The molecule has 0 saturated carbocycles. The van der Waals surface area contributed by atoms with Gasteiger partial charge in [0.2, 0.25) is 0 Å². The van der Waals surface area contributed by atoms with Gasteiger partial charge in [0.25, 0.3) is 5.91 Å². The van der Waals surface area contributed by atoms with E-state index in [1.807, 2.05) is 62.4 Å². The van der Waals surface area contributed by atoms with Gasteiger partial charge in [-0.25, -0.2) is 4.79 Å². The summed E-state index contributed by atoms with van der Waals surface area (Å²) in [4.78, 5) is 26.9. The monoisotopic (exact) mass is 505 g/mol. The molecular formula is C27H32BN3O6. The number of hydrogen-bond donors (Lipinski definition) is 3. The van der Waals surface area contributed by atoms with E-state index in [9.17, 15) is 24.9 Å². The van der Waals surface area contributed by atoms with Gasteiger partial charge in [0.15, 0.2) is 0 Å². The molecule has 0 aliphatic carbocycles. The van der Waals surface area contributed by atoms with Crippen LogP contribution in [0.4, 0.5) is 4.79 Å². The third-order valence-electron chi connectivity index (χ3n) is 6.09. The van der Waals surface area contributed by atoms with E-state index < -0.39 is 24.7 Å². The van der Waals surface area contributed by atoms with E-state index in [0.29, 0.717) is 31.7 Å². The minimum absolute atomic E-state index is 0.0368. The summed E-state index contributed by atoms with van der Waals surface area (Å²) in [7, 11) is -1.74. The highest BCUT2D eigenvalue weighted by Crippen LogP contribution is 2.22. The van der Waals surface area contributed by atoms with E-state index in [4.69, 9.17) is 9.47 Å². The second kappa shape index (κ2) is 13.1. The fourth-order valence-electron chi connectivity index (χ4n) is 4.08. The molecule has 2 aromatic rings. The Labute approximate surface area is 217 Å². The first kappa shape index (κ1) is 27.9. The van der Waals surface area contributed by atoms with Gasteiger partial charge in [-0.05, 0) is 43.0 Å². The number of benzene rings is 2. The van der Waals surface area contributed by atoms with Crippen molar-refractivity contribution in [3.63, 3.8) is 0 Å². The van der Waals surface area contributed by atoms with Crippen molar-refractivity contribution >= 4 is 25.2 Å². The topological polar surface area (TPSA) is 132 Å². The standard InChI is InChI=1S/C27H32BN3O6/c1-27(2)19-36-14-12-31(27)25(32)23(18-29)16-22-10-6-9-21(15-22)11-13-37-26(33)30-24(28(34)35)17-20-7-4-3-5-8-20/h3-10,15-16,24,34-35H,11-14,17,19H2,1-2H3,(H,30,33)/t24-/m0/s1. The van der Waals surface area contributed by atoms with Crippen molar-refractivity contribution in [1.82, 2.24) is 10.2 Å². The number of ether oxygens (including phenoxy) is 2. The van der Waals surface area contributed by atoms with Crippen molar-refractivity contribution < 1.29 is 29.1 Å². The first-order chi connectivity index (χ1) is 17.7. The number of nitrogens with one attached hydrogen (secondary N) is 1. The molecule has 1 saturated heterocycles. The summed E-state index contributed by atoms with van der Waals surface area (Å²) in [6.07, 6.45) is 1.44. The Morgan fingerprint density at radius 1 is 1.22 bits per heavy atom. The van der Waals surface area contributed by atoms with Crippen LogP contribution in [0.1, 0.15) is 30.5 Å². The molecule has 0 spiro atoms. The van der Waals surface area contributed by atoms with E-state index in [0.717, 1.165) is 11.1 Å². The lowest BCUT2D eigenvalue weighted by Crippen LogP contribution is -2.55. The van der Waals surface area contributed by atoms with Gasteiger partial charge in [0.1, 0.15) is 11.6 Å². The predicted molar refractivity (Wildman–Crippen MR) is 139 cm³/mol. The zero-order valence-electron chi connectivity index (χ0n) is 21.1. The molecule has 0 bridgehead atoms. The van der Waals surface area contributed by atoms with Crippen molar-refractivity contribution in [3.8, 4) is 6.07 Å². The van der Waals surface area contributed by atoms with Crippen LogP contribution >= 0.6 is 0 Å². The Bertz CT molecular complexity index is 1150. The quantitative estimate of drug-likeness (QED) is 0.270. The van der Waals surface area contributed by atoms with Crippen LogP contribution in [0.2, 0.25) is 0 Å². The van der Waals surface area contributed by atoms with Crippen LogP contribution in [0.15, 0.2) is 60.2 Å². The molecule has 2 amide bonds. The molecule has 3 N–H and O–H groups in total. The van der Waals surface area contributed by atoms with Gasteiger partial charge in [-0.15, -0.1) is 0 Å². The van der Waals surface area contributed by atoms with Crippen LogP contribution in [0.5, 0.6) is 0 Å². The van der Waals surface area contributed by atoms with Gasteiger partial charge in [-0.2, -0.15) is 5.26 Å². The van der Waals surface area contributed by atoms with E-state index >= 15 is 0 Å². The number of alkyl carbamates (subject to hydrolysis) is 1. The molecule has 0 radical (unpaired) electrons. The van der Waals surface area contributed by atoms with Gasteiger partial charge in [-0.1, -0.05) is 54.6 Å². The van der Waals surface area contributed by atoms with Gasteiger partial charge in [0, 0.05) is 13.0 Å². The van der Waals surface area contributed by atoms with Gasteiger partial charge < -0.3 is 29.7 Å². The predicted octanol–water partition coefficient (Wildman–Crippen LogP) is 2.12. The average Bonchev–Trinajstić information content (AvgIpc) is 2.87. The second-order valence-corrected chi connectivity index (χ2v) is 9.48. The lowest BCUT2D eigenvalue weighted by molar-refractivity contribution is -0.141. The summed E-state index contributed by atoms with van der Waals surface area (Å²) in [5.41, 5.74) is 1.91. The summed E-state index contributed by atoms with van der Waals surface area (Å²) < 4.78 is 10.7. The van der Waals surface area contributed by atoms with E-state index in [1.54, 1.807) is 23.1 Å². The van der Waals surface area contributed by atoms with Crippen LogP contribution in [0.3, 0.4) is 0 Å². The minimum Gasteiger partial charge on any atom is -0.449 e. The Hall–Kier alpha value is -3.65. The number of carbonyl (C=O) groups is 2. The third-order valence-corrected chi connectivity index (χ3v) is 6.09. The van der Waals surface area contributed by atoms with Gasteiger partial charge in [0.05, 0.1) is 31.3 Å².